The van der Waals surface area contributed by atoms with Gasteiger partial charge in [-0.1, -0.05) is 41.5 Å². The number of hydrogen-bond acceptors (Lipinski definition) is 2. The minimum absolute atomic E-state index is 0.0878. The highest BCUT2D eigenvalue weighted by Gasteiger charge is 2.33. The van der Waals surface area contributed by atoms with Gasteiger partial charge in [0.05, 0.1) is 5.54 Å². The van der Waals surface area contributed by atoms with Crippen LogP contribution in [0.1, 0.15) is 31.9 Å². The maximum absolute atomic E-state index is 5.74. The molecule has 2 heteroatoms. The molecule has 0 unspecified atom stereocenters. The Balaban J connectivity index is 2.03. The van der Waals surface area contributed by atoms with Gasteiger partial charge >= 0.3 is 0 Å². The van der Waals surface area contributed by atoms with Crippen LogP contribution in [0.2, 0.25) is 0 Å². The Morgan fingerprint density at radius 3 is 2.50 bits per heavy atom. The number of benzene rings is 1. The van der Waals surface area contributed by atoms with Gasteiger partial charge in [-0.25, -0.2) is 0 Å². The van der Waals surface area contributed by atoms with Crippen molar-refractivity contribution in [3.05, 3.63) is 59.0 Å². The molecule has 1 heterocycles. The lowest BCUT2D eigenvalue weighted by Gasteiger charge is -2.25. The van der Waals surface area contributed by atoms with Crippen LogP contribution in [-0.4, -0.2) is 24.1 Å². The highest BCUT2D eigenvalue weighted by molar-refractivity contribution is 5.27. The Bertz CT molecular complexity index is 523. The molecule has 2 rings (SSSR count). The van der Waals surface area contributed by atoms with Crippen LogP contribution in [0.3, 0.4) is 0 Å². The van der Waals surface area contributed by atoms with Crippen LogP contribution in [-0.2, 0) is 11.2 Å². The smallest absolute Gasteiger partial charge is 0.189 e. The Morgan fingerprint density at radius 2 is 1.95 bits per heavy atom. The second-order valence-electron chi connectivity index (χ2n) is 6.34. The summed E-state index contributed by atoms with van der Waals surface area (Å²) in [6.45, 7) is 9.41. The molecule has 0 amide bonds. The van der Waals surface area contributed by atoms with E-state index in [4.69, 9.17) is 4.74 Å². The average Bonchev–Trinajstić information content (AvgIpc) is 2.65. The predicted octanol–water partition coefficient (Wildman–Crippen LogP) is 4.07. The molecule has 0 N–H and O–H groups in total. The zero-order valence-corrected chi connectivity index (χ0v) is 13.2. The van der Waals surface area contributed by atoms with Crippen molar-refractivity contribution in [2.24, 2.45) is 0 Å². The van der Waals surface area contributed by atoms with Crippen LogP contribution in [0.4, 0.5) is 0 Å². The summed E-state index contributed by atoms with van der Waals surface area (Å²) in [4.78, 5) is 2.20. The van der Waals surface area contributed by atoms with Gasteiger partial charge < -0.3 is 9.64 Å². The van der Waals surface area contributed by atoms with Gasteiger partial charge in [-0.2, -0.15) is 0 Å². The van der Waals surface area contributed by atoms with Crippen molar-refractivity contribution >= 4 is 0 Å². The molecular formula is C18H25NO. The number of nitrogens with zero attached hydrogens (tertiary/aromatic N) is 1. The van der Waals surface area contributed by atoms with Gasteiger partial charge in [0.15, 0.2) is 5.88 Å². The predicted molar refractivity (Wildman–Crippen MR) is 84.5 cm³/mol. The molecule has 0 aliphatic carbocycles. The second-order valence-corrected chi connectivity index (χ2v) is 6.34. The number of ether oxygens (including phenoxy) is 1. The van der Waals surface area contributed by atoms with Crippen molar-refractivity contribution in [2.45, 2.75) is 39.7 Å². The molecule has 1 fully saturated rings. The third-order valence-corrected chi connectivity index (χ3v) is 3.93. The summed E-state index contributed by atoms with van der Waals surface area (Å²) in [7, 11) is 2.09. The van der Waals surface area contributed by atoms with E-state index < -0.39 is 0 Å². The highest BCUT2D eigenvalue weighted by atomic mass is 16.5. The first-order valence-corrected chi connectivity index (χ1v) is 7.18. The summed E-state index contributed by atoms with van der Waals surface area (Å²) in [5.41, 5.74) is 4.08. The van der Waals surface area contributed by atoms with Crippen molar-refractivity contribution in [3.8, 4) is 0 Å². The summed E-state index contributed by atoms with van der Waals surface area (Å²) in [5, 5.41) is 0. The normalized spacial score (nSPS) is 20.4. The van der Waals surface area contributed by atoms with Crippen LogP contribution in [0.15, 0.2) is 47.9 Å². The van der Waals surface area contributed by atoms with E-state index in [0.717, 1.165) is 18.9 Å². The van der Waals surface area contributed by atoms with Crippen molar-refractivity contribution in [3.63, 3.8) is 0 Å². The van der Waals surface area contributed by atoms with E-state index in [2.05, 4.69) is 76.1 Å². The van der Waals surface area contributed by atoms with Crippen molar-refractivity contribution in [1.29, 1.82) is 0 Å². The van der Waals surface area contributed by atoms with Gasteiger partial charge in [-0.3, -0.25) is 0 Å². The standard InChI is InChI=1S/C18H25NO/c1-14-6-9-16(10-7-14)12-15(2)8-11-17-19(5)18(3,4)13-20-17/h6-11H,12-13H2,1-5H3/b15-8-,17-11+. The quantitative estimate of drug-likeness (QED) is 0.822. The molecule has 1 saturated heterocycles. The molecule has 0 bridgehead atoms. The fourth-order valence-electron chi connectivity index (χ4n) is 2.20. The van der Waals surface area contributed by atoms with E-state index in [1.54, 1.807) is 0 Å². The minimum atomic E-state index is 0.0878. The Morgan fingerprint density at radius 1 is 1.30 bits per heavy atom. The summed E-state index contributed by atoms with van der Waals surface area (Å²) >= 11 is 0. The SMILES string of the molecule is C/C(=C/C=C1/OCC(C)(C)N1C)Cc1ccc(C)cc1. The van der Waals surface area contributed by atoms with Crippen LogP contribution in [0, 0.1) is 6.92 Å². The van der Waals surface area contributed by atoms with E-state index in [1.165, 1.54) is 16.7 Å². The van der Waals surface area contributed by atoms with Crippen molar-refractivity contribution in [2.75, 3.05) is 13.7 Å². The lowest BCUT2D eigenvalue weighted by atomic mass is 10.0. The molecule has 20 heavy (non-hydrogen) atoms. The molecule has 1 aromatic rings. The minimum Gasteiger partial charge on any atom is -0.477 e. The third kappa shape index (κ3) is 3.44. The molecule has 0 aromatic heterocycles. The fourth-order valence-corrected chi connectivity index (χ4v) is 2.20. The van der Waals surface area contributed by atoms with Crippen LogP contribution in [0.5, 0.6) is 0 Å². The molecular weight excluding hydrogens is 246 g/mol. The lowest BCUT2D eigenvalue weighted by Crippen LogP contribution is -2.36. The average molecular weight is 271 g/mol. The number of rotatable bonds is 3. The largest absolute Gasteiger partial charge is 0.477 e. The number of aryl methyl sites for hydroxylation is 1. The Labute approximate surface area is 122 Å². The number of hydrogen-bond donors (Lipinski definition) is 0. The summed E-state index contributed by atoms with van der Waals surface area (Å²) in [6.07, 6.45) is 5.22. The topological polar surface area (TPSA) is 12.5 Å². The number of likely N-dealkylation sites (N-methyl/N-ethyl adjacent to an activating group) is 1. The van der Waals surface area contributed by atoms with Crippen LogP contribution >= 0.6 is 0 Å². The number of allylic oxidation sites excluding steroid dienone is 3. The zero-order valence-electron chi connectivity index (χ0n) is 13.2. The maximum atomic E-state index is 5.74. The van der Waals surface area contributed by atoms with Gasteiger partial charge in [0.25, 0.3) is 0 Å². The van der Waals surface area contributed by atoms with Crippen molar-refractivity contribution in [1.82, 2.24) is 4.90 Å². The van der Waals surface area contributed by atoms with Crippen LogP contribution < -0.4 is 0 Å². The summed E-state index contributed by atoms with van der Waals surface area (Å²) in [6, 6.07) is 8.72. The summed E-state index contributed by atoms with van der Waals surface area (Å²) < 4.78 is 5.74. The molecule has 1 aliphatic rings. The molecule has 1 aromatic carbocycles. The van der Waals surface area contributed by atoms with E-state index in [9.17, 15) is 0 Å². The Kier molecular flexibility index (Phi) is 4.22. The fraction of sp³-hybridized carbons (Fsp3) is 0.444. The first-order valence-electron chi connectivity index (χ1n) is 7.18. The van der Waals surface area contributed by atoms with Crippen LogP contribution in [0.25, 0.3) is 0 Å². The zero-order chi connectivity index (χ0) is 14.8. The van der Waals surface area contributed by atoms with Crippen molar-refractivity contribution < 1.29 is 4.74 Å². The molecule has 0 spiro atoms. The molecule has 1 aliphatic heterocycles. The van der Waals surface area contributed by atoms with Gasteiger partial charge in [0.2, 0.25) is 0 Å². The molecule has 0 saturated carbocycles. The first kappa shape index (κ1) is 14.7. The first-order chi connectivity index (χ1) is 9.38. The molecule has 108 valence electrons. The van der Waals surface area contributed by atoms with E-state index in [0.29, 0.717) is 0 Å². The van der Waals surface area contributed by atoms with E-state index in [-0.39, 0.29) is 5.54 Å². The Hall–Kier alpha value is -1.70. The molecule has 2 nitrogen and oxygen atoms in total. The maximum Gasteiger partial charge on any atom is 0.189 e. The molecule has 0 atom stereocenters. The monoisotopic (exact) mass is 271 g/mol. The van der Waals surface area contributed by atoms with E-state index in [1.807, 2.05) is 0 Å². The van der Waals surface area contributed by atoms with Gasteiger partial charge in [0.1, 0.15) is 6.61 Å². The molecule has 0 radical (unpaired) electrons. The van der Waals surface area contributed by atoms with Gasteiger partial charge in [-0.05, 0) is 45.8 Å². The van der Waals surface area contributed by atoms with E-state index >= 15 is 0 Å². The lowest BCUT2D eigenvalue weighted by molar-refractivity contribution is 0.236. The summed E-state index contributed by atoms with van der Waals surface area (Å²) in [5.74, 6) is 0.957. The highest BCUT2D eigenvalue weighted by Crippen LogP contribution is 2.27. The third-order valence-electron chi connectivity index (χ3n) is 3.93. The van der Waals surface area contributed by atoms with Gasteiger partial charge in [0, 0.05) is 7.05 Å². The second kappa shape index (κ2) is 5.74. The van der Waals surface area contributed by atoms with Gasteiger partial charge in [-0.15, -0.1) is 0 Å².